The van der Waals surface area contributed by atoms with Gasteiger partial charge in [0.25, 0.3) is 0 Å². The van der Waals surface area contributed by atoms with E-state index in [-0.39, 0.29) is 5.69 Å². The van der Waals surface area contributed by atoms with Crippen LogP contribution in [0.25, 0.3) is 0 Å². The van der Waals surface area contributed by atoms with Crippen molar-refractivity contribution in [2.75, 3.05) is 0 Å². The largest absolute Gasteiger partial charge is 0.444 e. The summed E-state index contributed by atoms with van der Waals surface area (Å²) in [7, 11) is 0. The summed E-state index contributed by atoms with van der Waals surface area (Å²) in [5.41, 5.74) is 0.163. The van der Waals surface area contributed by atoms with Crippen LogP contribution in [0.4, 0.5) is 18.9 Å². The zero-order valence-electron chi connectivity index (χ0n) is 6.65. The maximum absolute atomic E-state index is 11.9. The van der Waals surface area contributed by atoms with E-state index >= 15 is 0 Å². The average Bonchev–Trinajstić information content (AvgIpc) is 2.07. The van der Waals surface area contributed by atoms with E-state index in [9.17, 15) is 13.2 Å². The molecule has 0 amide bonds. The van der Waals surface area contributed by atoms with Gasteiger partial charge in [0.15, 0.2) is 0 Å². The van der Waals surface area contributed by atoms with Crippen molar-refractivity contribution in [2.45, 2.75) is 6.18 Å². The summed E-state index contributed by atoms with van der Waals surface area (Å²) >= 11 is 8.09. The maximum Gasteiger partial charge on any atom is 0.444 e. The monoisotopic (exact) mass is 285 g/mol. The molecule has 0 atom stereocenters. The van der Waals surface area contributed by atoms with Crippen molar-refractivity contribution in [3.63, 3.8) is 0 Å². The first-order valence-electron chi connectivity index (χ1n) is 3.46. The molecule has 0 bridgehead atoms. The molecule has 0 aliphatic heterocycles. The third-order valence-corrected chi connectivity index (χ3v) is 2.12. The summed E-state index contributed by atoms with van der Waals surface area (Å²) in [5.74, 6) is 0. The molecule has 1 aromatic rings. The Hall–Kier alpha value is -0.550. The molecule has 0 heterocycles. The molecule has 0 N–H and O–H groups in total. The second-order valence-electron chi connectivity index (χ2n) is 2.38. The average molecular weight is 286 g/mol. The maximum atomic E-state index is 11.9. The van der Waals surface area contributed by atoms with E-state index in [1.54, 1.807) is 12.1 Å². The minimum atomic E-state index is -4.59. The van der Waals surface area contributed by atoms with Crippen LogP contribution in [0.15, 0.2) is 33.7 Å². The van der Waals surface area contributed by atoms with Crippen molar-refractivity contribution < 1.29 is 13.2 Å². The van der Waals surface area contributed by atoms with Gasteiger partial charge in [-0.15, -0.1) is 0 Å². The fourth-order valence-corrected chi connectivity index (χ4v) is 1.05. The van der Waals surface area contributed by atoms with Crippen molar-refractivity contribution in [2.24, 2.45) is 4.99 Å². The van der Waals surface area contributed by atoms with Gasteiger partial charge in [0, 0.05) is 4.47 Å². The van der Waals surface area contributed by atoms with E-state index in [2.05, 4.69) is 20.9 Å². The van der Waals surface area contributed by atoms with Gasteiger partial charge < -0.3 is 0 Å². The van der Waals surface area contributed by atoms with Crippen LogP contribution < -0.4 is 0 Å². The molecule has 0 fully saturated rings. The van der Waals surface area contributed by atoms with Gasteiger partial charge in [0.05, 0.1) is 5.69 Å². The molecule has 0 radical (unpaired) electrons. The first-order valence-corrected chi connectivity index (χ1v) is 4.63. The summed E-state index contributed by atoms with van der Waals surface area (Å²) in [5, 5.41) is -1.38. The fourth-order valence-electron chi connectivity index (χ4n) is 0.692. The third kappa shape index (κ3) is 3.31. The molecule has 6 heteroatoms. The predicted octanol–water partition coefficient (Wildman–Crippen LogP) is 4.28. The van der Waals surface area contributed by atoms with Crippen LogP contribution in [0.5, 0.6) is 0 Å². The van der Waals surface area contributed by atoms with Gasteiger partial charge in [-0.1, -0.05) is 27.5 Å². The lowest BCUT2D eigenvalue weighted by molar-refractivity contribution is -0.0558. The van der Waals surface area contributed by atoms with Crippen molar-refractivity contribution >= 4 is 38.4 Å². The van der Waals surface area contributed by atoms with Gasteiger partial charge in [-0.3, -0.25) is 0 Å². The van der Waals surface area contributed by atoms with Gasteiger partial charge in [0.1, 0.15) is 0 Å². The lowest BCUT2D eigenvalue weighted by atomic mass is 10.3. The first-order chi connectivity index (χ1) is 6.39. The molecule has 0 saturated heterocycles. The number of nitrogens with zero attached hydrogens (tertiary/aromatic N) is 1. The van der Waals surface area contributed by atoms with E-state index < -0.39 is 11.3 Å². The van der Waals surface area contributed by atoms with Gasteiger partial charge in [-0.25, -0.2) is 4.99 Å². The zero-order valence-corrected chi connectivity index (χ0v) is 8.99. The fraction of sp³-hybridized carbons (Fsp3) is 0.125. The normalized spacial score (nSPS) is 13.1. The van der Waals surface area contributed by atoms with Gasteiger partial charge in [-0.2, -0.15) is 13.2 Å². The molecule has 76 valence electrons. The topological polar surface area (TPSA) is 12.4 Å². The number of alkyl halides is 3. The minimum absolute atomic E-state index is 0.163. The number of benzene rings is 1. The van der Waals surface area contributed by atoms with E-state index in [0.717, 1.165) is 4.47 Å². The Morgan fingerprint density at radius 2 is 1.71 bits per heavy atom. The third-order valence-electron chi connectivity index (χ3n) is 1.29. The summed E-state index contributed by atoms with van der Waals surface area (Å²) in [6, 6.07) is 6.02. The van der Waals surface area contributed by atoms with E-state index in [1.165, 1.54) is 12.1 Å². The van der Waals surface area contributed by atoms with Gasteiger partial charge in [-0.05, 0) is 24.3 Å². The highest BCUT2D eigenvalue weighted by Crippen LogP contribution is 2.24. The first kappa shape index (κ1) is 11.5. The van der Waals surface area contributed by atoms with Crippen LogP contribution in [0, 0.1) is 0 Å². The van der Waals surface area contributed by atoms with Gasteiger partial charge in [0.2, 0.25) is 5.17 Å². The molecular weight excluding hydrogens is 282 g/mol. The summed E-state index contributed by atoms with van der Waals surface area (Å²) in [6.45, 7) is 0. The number of hydrogen-bond acceptors (Lipinski definition) is 1. The van der Waals surface area contributed by atoms with Crippen LogP contribution in [-0.2, 0) is 0 Å². The second kappa shape index (κ2) is 4.31. The Morgan fingerprint density at radius 3 is 2.14 bits per heavy atom. The molecule has 0 saturated carbocycles. The molecule has 14 heavy (non-hydrogen) atoms. The summed E-state index contributed by atoms with van der Waals surface area (Å²) < 4.78 is 36.6. The standard InChI is InChI=1S/C8H4BrClF3N/c9-5-1-3-6(4-2-5)14-7(10)8(11,12)13/h1-4H. The number of rotatable bonds is 1. The predicted molar refractivity (Wildman–Crippen MR) is 53.1 cm³/mol. The van der Waals surface area contributed by atoms with Gasteiger partial charge >= 0.3 is 6.18 Å². The quantitative estimate of drug-likeness (QED) is 0.683. The Labute approximate surface area is 91.7 Å². The SMILES string of the molecule is FC(F)(F)C(Cl)=Nc1ccc(Br)cc1. The molecule has 0 aliphatic rings. The lowest BCUT2D eigenvalue weighted by Gasteiger charge is -2.02. The highest BCUT2D eigenvalue weighted by atomic mass is 79.9. The summed E-state index contributed by atoms with van der Waals surface area (Å²) in [4.78, 5) is 3.21. The van der Waals surface area contributed by atoms with Crippen LogP contribution in [0.3, 0.4) is 0 Å². The van der Waals surface area contributed by atoms with Crippen LogP contribution >= 0.6 is 27.5 Å². The van der Waals surface area contributed by atoms with Crippen molar-refractivity contribution in [1.29, 1.82) is 0 Å². The van der Waals surface area contributed by atoms with Crippen molar-refractivity contribution in [3.8, 4) is 0 Å². The van der Waals surface area contributed by atoms with E-state index in [0.29, 0.717) is 0 Å². The van der Waals surface area contributed by atoms with E-state index in [1.807, 2.05) is 0 Å². The highest BCUT2D eigenvalue weighted by molar-refractivity contribution is 9.10. The lowest BCUT2D eigenvalue weighted by Crippen LogP contribution is -2.16. The smallest absolute Gasteiger partial charge is 0.232 e. The molecule has 0 aliphatic carbocycles. The second-order valence-corrected chi connectivity index (χ2v) is 3.65. The molecule has 0 spiro atoms. The number of hydrogen-bond donors (Lipinski definition) is 0. The molecule has 0 aromatic heterocycles. The Kier molecular flexibility index (Phi) is 3.55. The molecule has 1 nitrogen and oxygen atoms in total. The van der Waals surface area contributed by atoms with E-state index in [4.69, 9.17) is 11.6 Å². The Morgan fingerprint density at radius 1 is 1.21 bits per heavy atom. The van der Waals surface area contributed by atoms with Crippen LogP contribution in [0.1, 0.15) is 0 Å². The summed E-state index contributed by atoms with van der Waals surface area (Å²) in [6.07, 6.45) is -4.59. The Balaban J connectivity index is 2.93. The molecular formula is C8H4BrClF3N. The van der Waals surface area contributed by atoms with Crippen LogP contribution in [0.2, 0.25) is 0 Å². The van der Waals surface area contributed by atoms with Crippen LogP contribution in [-0.4, -0.2) is 11.3 Å². The number of aliphatic imine (C=N–C) groups is 1. The molecule has 1 rings (SSSR count). The van der Waals surface area contributed by atoms with Crippen molar-refractivity contribution in [3.05, 3.63) is 28.7 Å². The molecule has 1 aromatic carbocycles. The molecule has 0 unspecified atom stereocenters. The Bertz CT molecular complexity index is 345. The zero-order chi connectivity index (χ0) is 10.8. The minimum Gasteiger partial charge on any atom is -0.232 e. The van der Waals surface area contributed by atoms with Crippen molar-refractivity contribution in [1.82, 2.24) is 0 Å². The highest BCUT2D eigenvalue weighted by Gasteiger charge is 2.34. The number of halogens is 5.